The predicted octanol–water partition coefficient (Wildman–Crippen LogP) is 2.15. The lowest BCUT2D eigenvalue weighted by molar-refractivity contribution is 0.238. The van der Waals surface area contributed by atoms with E-state index in [1.807, 2.05) is 0 Å². The maximum atomic E-state index is 5.55. The van der Waals surface area contributed by atoms with Crippen LogP contribution in [0.5, 0.6) is 5.75 Å². The number of rotatable bonds is 5. The molecular formula is C16H26N2O. The molecule has 1 aliphatic heterocycles. The van der Waals surface area contributed by atoms with E-state index in [0.717, 1.165) is 25.3 Å². The van der Waals surface area contributed by atoms with E-state index in [9.17, 15) is 0 Å². The second kappa shape index (κ2) is 6.92. The van der Waals surface area contributed by atoms with Crippen molar-refractivity contribution in [2.24, 2.45) is 0 Å². The Morgan fingerprint density at radius 1 is 1.21 bits per heavy atom. The average molecular weight is 262 g/mol. The van der Waals surface area contributed by atoms with Crippen LogP contribution >= 0.6 is 0 Å². The van der Waals surface area contributed by atoms with E-state index in [0.29, 0.717) is 0 Å². The summed E-state index contributed by atoms with van der Waals surface area (Å²) in [6, 6.07) is 4.46. The lowest BCUT2D eigenvalue weighted by atomic mass is 10.0. The van der Waals surface area contributed by atoms with Gasteiger partial charge in [0.1, 0.15) is 5.75 Å². The lowest BCUT2D eigenvalue weighted by Crippen LogP contribution is -2.43. The molecule has 1 aromatic rings. The minimum atomic E-state index is 1.07. The van der Waals surface area contributed by atoms with Crippen LogP contribution in [-0.2, 0) is 6.42 Å². The highest BCUT2D eigenvalue weighted by Gasteiger charge is 2.11. The van der Waals surface area contributed by atoms with Gasteiger partial charge in [-0.2, -0.15) is 0 Å². The summed E-state index contributed by atoms with van der Waals surface area (Å²) in [6.07, 6.45) is 2.31. The first kappa shape index (κ1) is 14.4. The summed E-state index contributed by atoms with van der Waals surface area (Å²) in [4.78, 5) is 2.55. The fourth-order valence-electron chi connectivity index (χ4n) is 2.95. The molecule has 0 aromatic heterocycles. The van der Waals surface area contributed by atoms with Crippen LogP contribution in [0.2, 0.25) is 0 Å². The molecule has 1 fully saturated rings. The van der Waals surface area contributed by atoms with E-state index in [4.69, 9.17) is 4.74 Å². The molecule has 3 nitrogen and oxygen atoms in total. The number of benzene rings is 1. The number of ether oxygens (including phenoxy) is 1. The van der Waals surface area contributed by atoms with Gasteiger partial charge >= 0.3 is 0 Å². The Labute approximate surface area is 116 Å². The van der Waals surface area contributed by atoms with Gasteiger partial charge in [-0.15, -0.1) is 0 Å². The van der Waals surface area contributed by atoms with Crippen LogP contribution in [0.3, 0.4) is 0 Å². The first-order valence-corrected chi connectivity index (χ1v) is 7.28. The van der Waals surface area contributed by atoms with Gasteiger partial charge in [0.2, 0.25) is 0 Å². The topological polar surface area (TPSA) is 24.5 Å². The van der Waals surface area contributed by atoms with Crippen molar-refractivity contribution in [3.8, 4) is 5.75 Å². The van der Waals surface area contributed by atoms with E-state index in [1.165, 1.54) is 42.7 Å². The molecule has 1 N–H and O–H groups in total. The lowest BCUT2D eigenvalue weighted by Gasteiger charge is -2.27. The zero-order valence-corrected chi connectivity index (χ0v) is 12.5. The quantitative estimate of drug-likeness (QED) is 0.880. The number of hydrogen-bond acceptors (Lipinski definition) is 3. The molecule has 0 spiro atoms. The summed E-state index contributed by atoms with van der Waals surface area (Å²) in [5.74, 6) is 1.07. The Morgan fingerprint density at radius 2 is 1.95 bits per heavy atom. The van der Waals surface area contributed by atoms with Gasteiger partial charge in [-0.3, -0.25) is 0 Å². The summed E-state index contributed by atoms with van der Waals surface area (Å²) in [6.45, 7) is 10.1. The summed E-state index contributed by atoms with van der Waals surface area (Å²) in [7, 11) is 1.78. The summed E-state index contributed by atoms with van der Waals surface area (Å²) in [5, 5.41) is 3.39. The molecule has 0 bridgehead atoms. The van der Waals surface area contributed by atoms with Crippen LogP contribution in [0, 0.1) is 13.8 Å². The molecule has 1 saturated heterocycles. The highest BCUT2D eigenvalue weighted by atomic mass is 16.5. The third kappa shape index (κ3) is 3.95. The highest BCUT2D eigenvalue weighted by molar-refractivity contribution is 5.43. The number of hydrogen-bond donors (Lipinski definition) is 1. The van der Waals surface area contributed by atoms with Crippen LogP contribution in [-0.4, -0.2) is 44.7 Å². The first-order valence-electron chi connectivity index (χ1n) is 7.28. The van der Waals surface area contributed by atoms with E-state index in [-0.39, 0.29) is 0 Å². The normalized spacial score (nSPS) is 16.6. The van der Waals surface area contributed by atoms with Crippen LogP contribution in [0.1, 0.15) is 23.1 Å². The zero-order valence-electron chi connectivity index (χ0n) is 12.5. The summed E-state index contributed by atoms with van der Waals surface area (Å²) < 4.78 is 5.55. The molecule has 0 radical (unpaired) electrons. The first-order chi connectivity index (χ1) is 9.20. The van der Waals surface area contributed by atoms with Gasteiger partial charge in [-0.05, 0) is 44.4 Å². The van der Waals surface area contributed by atoms with Crippen molar-refractivity contribution in [3.05, 3.63) is 28.8 Å². The Kier molecular flexibility index (Phi) is 5.23. The van der Waals surface area contributed by atoms with Crippen LogP contribution in [0.25, 0.3) is 0 Å². The molecule has 0 saturated carbocycles. The van der Waals surface area contributed by atoms with E-state index in [2.05, 4.69) is 36.2 Å². The Balaban J connectivity index is 1.91. The second-order valence-electron chi connectivity index (χ2n) is 5.47. The maximum Gasteiger partial charge on any atom is 0.124 e. The number of aryl methyl sites for hydroxylation is 3. The Hall–Kier alpha value is -1.06. The summed E-state index contributed by atoms with van der Waals surface area (Å²) in [5.41, 5.74) is 3.94. The molecule has 19 heavy (non-hydrogen) atoms. The van der Waals surface area contributed by atoms with Crippen molar-refractivity contribution < 1.29 is 4.74 Å². The van der Waals surface area contributed by atoms with Crippen molar-refractivity contribution in [2.45, 2.75) is 26.7 Å². The predicted molar refractivity (Wildman–Crippen MR) is 80.1 cm³/mol. The van der Waals surface area contributed by atoms with Crippen molar-refractivity contribution in [3.63, 3.8) is 0 Å². The number of nitrogens with one attached hydrogen (secondary N) is 1. The molecule has 1 aliphatic rings. The van der Waals surface area contributed by atoms with Gasteiger partial charge in [-0.25, -0.2) is 0 Å². The molecule has 0 unspecified atom stereocenters. The largest absolute Gasteiger partial charge is 0.496 e. The van der Waals surface area contributed by atoms with Crippen LogP contribution in [0.4, 0.5) is 0 Å². The Morgan fingerprint density at radius 3 is 2.63 bits per heavy atom. The maximum absolute atomic E-state index is 5.55. The fraction of sp³-hybridized carbons (Fsp3) is 0.625. The average Bonchev–Trinajstić information content (AvgIpc) is 2.39. The van der Waals surface area contributed by atoms with E-state index >= 15 is 0 Å². The van der Waals surface area contributed by atoms with Gasteiger partial charge in [0, 0.05) is 26.2 Å². The minimum Gasteiger partial charge on any atom is -0.496 e. The van der Waals surface area contributed by atoms with Crippen molar-refractivity contribution in [2.75, 3.05) is 39.8 Å². The Bertz CT molecular complexity index is 411. The summed E-state index contributed by atoms with van der Waals surface area (Å²) >= 11 is 0. The number of methoxy groups -OCH3 is 1. The zero-order chi connectivity index (χ0) is 13.7. The molecule has 0 atom stereocenters. The van der Waals surface area contributed by atoms with Gasteiger partial charge < -0.3 is 15.0 Å². The molecule has 0 aliphatic carbocycles. The van der Waals surface area contributed by atoms with Gasteiger partial charge in [0.05, 0.1) is 7.11 Å². The second-order valence-corrected chi connectivity index (χ2v) is 5.47. The highest BCUT2D eigenvalue weighted by Crippen LogP contribution is 2.26. The van der Waals surface area contributed by atoms with Crippen LogP contribution in [0.15, 0.2) is 12.1 Å². The molecule has 106 valence electrons. The van der Waals surface area contributed by atoms with Crippen molar-refractivity contribution >= 4 is 0 Å². The third-order valence-electron chi connectivity index (χ3n) is 3.83. The van der Waals surface area contributed by atoms with Crippen molar-refractivity contribution in [1.82, 2.24) is 10.2 Å². The molecule has 1 aromatic carbocycles. The van der Waals surface area contributed by atoms with Gasteiger partial charge in [0.25, 0.3) is 0 Å². The SMILES string of the molecule is COc1c(C)cc(C)cc1CCCN1CCNCC1. The molecular weight excluding hydrogens is 236 g/mol. The van der Waals surface area contributed by atoms with Gasteiger partial charge in [0.15, 0.2) is 0 Å². The fourth-order valence-corrected chi connectivity index (χ4v) is 2.95. The molecule has 3 heteroatoms. The van der Waals surface area contributed by atoms with E-state index in [1.54, 1.807) is 7.11 Å². The smallest absolute Gasteiger partial charge is 0.124 e. The van der Waals surface area contributed by atoms with Gasteiger partial charge in [-0.1, -0.05) is 17.7 Å². The monoisotopic (exact) mass is 262 g/mol. The van der Waals surface area contributed by atoms with Crippen molar-refractivity contribution in [1.29, 1.82) is 0 Å². The third-order valence-corrected chi connectivity index (χ3v) is 3.83. The number of nitrogens with zero attached hydrogens (tertiary/aromatic N) is 1. The molecule has 2 rings (SSSR count). The molecule has 0 amide bonds. The number of piperazine rings is 1. The van der Waals surface area contributed by atoms with Crippen LogP contribution < -0.4 is 10.1 Å². The van der Waals surface area contributed by atoms with E-state index < -0.39 is 0 Å². The molecule has 1 heterocycles. The minimum absolute atomic E-state index is 1.07. The standard InChI is InChI=1S/C16H26N2O/c1-13-11-14(2)16(19-3)15(12-13)5-4-8-18-9-6-17-7-10-18/h11-12,17H,4-10H2,1-3H3.